The van der Waals surface area contributed by atoms with Crippen LogP contribution in [-0.2, 0) is 11.2 Å². The summed E-state index contributed by atoms with van der Waals surface area (Å²) in [5.41, 5.74) is -0.209. The molecule has 0 saturated heterocycles. The number of carbonyl (C=O) groups is 1. The number of halogens is 2. The number of likely N-dealkylation sites (N-methyl/N-ethyl adjacent to an activating group) is 1. The molecule has 3 nitrogen and oxygen atoms in total. The fraction of sp³-hybridized carbons (Fsp3) is 0.300. The molecule has 0 aliphatic rings. The Morgan fingerprint density at radius 1 is 1.47 bits per heavy atom. The first kappa shape index (κ1) is 11.6. The van der Waals surface area contributed by atoms with Crippen molar-refractivity contribution >= 4 is 5.97 Å². The second kappa shape index (κ2) is 4.84. The predicted octanol–water partition coefficient (Wildman–Crippen LogP) is 1.18. The first-order valence-corrected chi connectivity index (χ1v) is 4.39. The Labute approximate surface area is 85.7 Å². The van der Waals surface area contributed by atoms with Crippen LogP contribution in [0.3, 0.4) is 0 Å². The van der Waals surface area contributed by atoms with Crippen LogP contribution in [0.1, 0.15) is 5.56 Å². The Balaban J connectivity index is 2.92. The Morgan fingerprint density at radius 3 is 2.40 bits per heavy atom. The summed E-state index contributed by atoms with van der Waals surface area (Å²) in [6.45, 7) is 0. The minimum atomic E-state index is -1.14. The summed E-state index contributed by atoms with van der Waals surface area (Å²) < 4.78 is 26.3. The molecule has 1 rings (SSSR count). The molecule has 0 aliphatic carbocycles. The molecule has 0 saturated carbocycles. The third-order valence-corrected chi connectivity index (χ3v) is 2.12. The van der Waals surface area contributed by atoms with Crippen molar-refractivity contribution in [2.24, 2.45) is 0 Å². The van der Waals surface area contributed by atoms with Gasteiger partial charge in [0.05, 0.1) is 0 Å². The minimum Gasteiger partial charge on any atom is -0.480 e. The van der Waals surface area contributed by atoms with Crippen molar-refractivity contribution in [3.05, 3.63) is 35.4 Å². The molecular weight excluding hydrogens is 204 g/mol. The predicted molar refractivity (Wildman–Crippen MR) is 50.5 cm³/mol. The van der Waals surface area contributed by atoms with Crippen molar-refractivity contribution < 1.29 is 18.7 Å². The second-order valence-corrected chi connectivity index (χ2v) is 3.08. The van der Waals surface area contributed by atoms with Crippen LogP contribution >= 0.6 is 0 Å². The van der Waals surface area contributed by atoms with Gasteiger partial charge in [-0.25, -0.2) is 8.78 Å². The van der Waals surface area contributed by atoms with Gasteiger partial charge in [-0.1, -0.05) is 6.07 Å². The molecule has 0 radical (unpaired) electrons. The fourth-order valence-electron chi connectivity index (χ4n) is 1.24. The third-order valence-electron chi connectivity index (χ3n) is 2.12. The zero-order valence-electron chi connectivity index (χ0n) is 8.13. The molecule has 1 unspecified atom stereocenters. The lowest BCUT2D eigenvalue weighted by molar-refractivity contribution is -0.139. The van der Waals surface area contributed by atoms with E-state index in [1.165, 1.54) is 13.1 Å². The Kier molecular flexibility index (Phi) is 3.74. The second-order valence-electron chi connectivity index (χ2n) is 3.08. The van der Waals surface area contributed by atoms with Gasteiger partial charge < -0.3 is 10.4 Å². The molecule has 1 aromatic carbocycles. The van der Waals surface area contributed by atoms with E-state index in [1.807, 2.05) is 0 Å². The maximum absolute atomic E-state index is 13.1. The lowest BCUT2D eigenvalue weighted by Crippen LogP contribution is -2.36. The van der Waals surface area contributed by atoms with E-state index in [0.717, 1.165) is 12.1 Å². The average Bonchev–Trinajstić information content (AvgIpc) is 2.17. The molecule has 0 aromatic heterocycles. The highest BCUT2D eigenvalue weighted by Crippen LogP contribution is 2.14. The number of nitrogens with one attached hydrogen (secondary N) is 1. The summed E-state index contributed by atoms with van der Waals surface area (Å²) in [5, 5.41) is 11.2. The van der Waals surface area contributed by atoms with Gasteiger partial charge in [0.1, 0.15) is 17.7 Å². The number of carboxylic acid groups (broad SMARTS) is 1. The quantitative estimate of drug-likeness (QED) is 0.792. The molecule has 82 valence electrons. The number of hydrogen-bond donors (Lipinski definition) is 2. The van der Waals surface area contributed by atoms with Crippen LogP contribution in [0.4, 0.5) is 8.78 Å². The highest BCUT2D eigenvalue weighted by Gasteiger charge is 2.19. The lowest BCUT2D eigenvalue weighted by Gasteiger charge is -2.12. The summed E-state index contributed by atoms with van der Waals surface area (Å²) >= 11 is 0. The molecule has 1 atom stereocenters. The van der Waals surface area contributed by atoms with E-state index >= 15 is 0 Å². The molecule has 15 heavy (non-hydrogen) atoms. The summed E-state index contributed by atoms with van der Waals surface area (Å²) in [5.74, 6) is -2.59. The molecule has 0 aliphatic heterocycles. The van der Waals surface area contributed by atoms with Crippen molar-refractivity contribution in [2.75, 3.05) is 7.05 Å². The molecule has 5 heteroatoms. The third kappa shape index (κ3) is 2.73. The zero-order chi connectivity index (χ0) is 11.4. The maximum atomic E-state index is 13.1. The lowest BCUT2D eigenvalue weighted by atomic mass is 10.1. The summed E-state index contributed by atoms with van der Waals surface area (Å²) in [7, 11) is 1.43. The summed E-state index contributed by atoms with van der Waals surface area (Å²) in [6.07, 6.45) is -0.218. The Hall–Kier alpha value is -1.49. The van der Waals surface area contributed by atoms with E-state index in [2.05, 4.69) is 5.32 Å². The van der Waals surface area contributed by atoms with Gasteiger partial charge in [-0.15, -0.1) is 0 Å². The minimum absolute atomic E-state index is 0.209. The summed E-state index contributed by atoms with van der Waals surface area (Å²) in [4.78, 5) is 10.7. The number of rotatable bonds is 4. The van der Waals surface area contributed by atoms with E-state index < -0.39 is 23.6 Å². The van der Waals surface area contributed by atoms with Crippen molar-refractivity contribution in [3.8, 4) is 0 Å². The first-order chi connectivity index (χ1) is 7.06. The normalized spacial score (nSPS) is 12.5. The first-order valence-electron chi connectivity index (χ1n) is 4.39. The highest BCUT2D eigenvalue weighted by molar-refractivity contribution is 5.73. The molecule has 0 bridgehead atoms. The molecule has 0 fully saturated rings. The standard InChI is InChI=1S/C10H11F2NO2/c1-13-9(10(14)15)5-6-7(11)3-2-4-8(6)12/h2-4,9,13H,5H2,1H3,(H,14,15). The number of aliphatic carboxylic acids is 1. The fourth-order valence-corrected chi connectivity index (χ4v) is 1.24. The van der Waals surface area contributed by atoms with Crippen molar-refractivity contribution in [3.63, 3.8) is 0 Å². The van der Waals surface area contributed by atoms with Gasteiger partial charge in [0.25, 0.3) is 0 Å². The van der Waals surface area contributed by atoms with E-state index in [1.54, 1.807) is 0 Å². The SMILES string of the molecule is CNC(Cc1c(F)cccc1F)C(=O)O. The smallest absolute Gasteiger partial charge is 0.321 e. The van der Waals surface area contributed by atoms with E-state index in [9.17, 15) is 13.6 Å². The van der Waals surface area contributed by atoms with Gasteiger partial charge >= 0.3 is 5.97 Å². The van der Waals surface area contributed by atoms with Crippen LogP contribution in [0.15, 0.2) is 18.2 Å². The topological polar surface area (TPSA) is 49.3 Å². The van der Waals surface area contributed by atoms with Crippen LogP contribution in [0.25, 0.3) is 0 Å². The number of carboxylic acids is 1. The zero-order valence-corrected chi connectivity index (χ0v) is 8.13. The molecule has 0 spiro atoms. The van der Waals surface area contributed by atoms with E-state index in [0.29, 0.717) is 0 Å². The molecular formula is C10H11F2NO2. The van der Waals surface area contributed by atoms with Gasteiger partial charge in [-0.2, -0.15) is 0 Å². The van der Waals surface area contributed by atoms with Gasteiger partial charge in [-0.05, 0) is 19.2 Å². The largest absolute Gasteiger partial charge is 0.480 e. The highest BCUT2D eigenvalue weighted by atomic mass is 19.1. The molecule has 0 heterocycles. The van der Waals surface area contributed by atoms with Gasteiger partial charge in [0.15, 0.2) is 0 Å². The average molecular weight is 215 g/mol. The van der Waals surface area contributed by atoms with E-state index in [4.69, 9.17) is 5.11 Å². The van der Waals surface area contributed by atoms with Crippen LogP contribution < -0.4 is 5.32 Å². The monoisotopic (exact) mass is 215 g/mol. The van der Waals surface area contributed by atoms with Gasteiger partial charge in [-0.3, -0.25) is 4.79 Å². The van der Waals surface area contributed by atoms with Gasteiger partial charge in [0.2, 0.25) is 0 Å². The Bertz CT molecular complexity index is 348. The van der Waals surface area contributed by atoms with Crippen LogP contribution in [0.5, 0.6) is 0 Å². The van der Waals surface area contributed by atoms with Crippen LogP contribution in [0, 0.1) is 11.6 Å². The van der Waals surface area contributed by atoms with Gasteiger partial charge in [0, 0.05) is 12.0 Å². The van der Waals surface area contributed by atoms with Crippen LogP contribution in [0.2, 0.25) is 0 Å². The number of benzene rings is 1. The van der Waals surface area contributed by atoms with Crippen molar-refractivity contribution in [1.29, 1.82) is 0 Å². The molecule has 0 amide bonds. The Morgan fingerprint density at radius 2 is 2.00 bits per heavy atom. The van der Waals surface area contributed by atoms with Crippen molar-refractivity contribution in [1.82, 2.24) is 5.32 Å². The molecule has 2 N–H and O–H groups in total. The molecule has 1 aromatic rings. The van der Waals surface area contributed by atoms with E-state index in [-0.39, 0.29) is 12.0 Å². The van der Waals surface area contributed by atoms with Crippen LogP contribution in [-0.4, -0.2) is 24.2 Å². The summed E-state index contributed by atoms with van der Waals surface area (Å²) in [6, 6.07) is 2.46. The number of hydrogen-bond acceptors (Lipinski definition) is 2. The van der Waals surface area contributed by atoms with Crippen molar-refractivity contribution in [2.45, 2.75) is 12.5 Å². The maximum Gasteiger partial charge on any atom is 0.321 e.